The Morgan fingerprint density at radius 2 is 1.81 bits per heavy atom. The Hall–Kier alpha value is -3.83. The molecule has 0 aliphatic rings. The van der Waals surface area contributed by atoms with Gasteiger partial charge in [-0.05, 0) is 54.3 Å². The number of aryl methyl sites for hydroxylation is 1. The van der Waals surface area contributed by atoms with Crippen LogP contribution in [0.5, 0.6) is 0 Å². The van der Waals surface area contributed by atoms with E-state index in [1.165, 1.54) is 11.3 Å². The monoisotopic (exact) mass is 514 g/mol. The molecule has 3 N–H and O–H groups in total. The lowest BCUT2D eigenvalue weighted by Crippen LogP contribution is -2.22. The summed E-state index contributed by atoms with van der Waals surface area (Å²) in [6, 6.07) is 12.8. The number of halogens is 3. The van der Waals surface area contributed by atoms with E-state index in [2.05, 4.69) is 20.3 Å². The van der Waals surface area contributed by atoms with E-state index < -0.39 is 23.4 Å². The number of thiazole rings is 1. The van der Waals surface area contributed by atoms with Gasteiger partial charge in [0.2, 0.25) is 5.95 Å². The summed E-state index contributed by atoms with van der Waals surface area (Å²) in [5.41, 5.74) is 0.815. The van der Waals surface area contributed by atoms with E-state index in [0.717, 1.165) is 28.3 Å². The summed E-state index contributed by atoms with van der Waals surface area (Å²) in [5.74, 6) is -1.12. The highest BCUT2D eigenvalue weighted by atomic mass is 32.1. The van der Waals surface area contributed by atoms with Gasteiger partial charge in [-0.2, -0.15) is 13.2 Å². The Morgan fingerprint density at radius 3 is 2.47 bits per heavy atom. The largest absolute Gasteiger partial charge is 0.481 e. The summed E-state index contributed by atoms with van der Waals surface area (Å²) >= 11 is 1.27. The number of aliphatic hydroxyl groups is 1. The molecular weight excluding hydrogens is 493 g/mol. The molecule has 0 aliphatic carbocycles. The molecule has 2 aromatic carbocycles. The molecule has 0 spiro atoms. The Kier molecular flexibility index (Phi) is 6.79. The Balaban J connectivity index is 1.59. The standard InChI is InChI=1S/C25H21F3N4O3S/c1-14-9-16(12-18(10-14)31-23-29-8-7-20(32-23)25(26,27)28)19-13-30-22(36-19)24(2,35)17-5-3-15(4-6-17)11-21(33)34/h3-10,12-13,35H,11H2,1-2H3,(H,33,34)(H,29,31,32)/t24-/m1/s1. The molecular formula is C25H21F3N4O3S. The minimum absolute atomic E-state index is 0.112. The minimum atomic E-state index is -4.58. The van der Waals surface area contributed by atoms with Crippen LogP contribution in [0.4, 0.5) is 24.8 Å². The van der Waals surface area contributed by atoms with Crippen LogP contribution in [0.1, 0.15) is 34.3 Å². The maximum Gasteiger partial charge on any atom is 0.433 e. The number of alkyl halides is 3. The van der Waals surface area contributed by atoms with Crippen LogP contribution in [-0.4, -0.2) is 31.1 Å². The van der Waals surface area contributed by atoms with Gasteiger partial charge in [0.05, 0.1) is 11.3 Å². The van der Waals surface area contributed by atoms with Crippen molar-refractivity contribution >= 4 is 28.9 Å². The topological polar surface area (TPSA) is 108 Å². The van der Waals surface area contributed by atoms with E-state index in [0.29, 0.717) is 21.8 Å². The smallest absolute Gasteiger partial charge is 0.433 e. The number of aromatic nitrogens is 3. The van der Waals surface area contributed by atoms with Crippen LogP contribution >= 0.6 is 11.3 Å². The second kappa shape index (κ2) is 9.67. The summed E-state index contributed by atoms with van der Waals surface area (Å²) in [7, 11) is 0. The second-order valence-electron chi connectivity index (χ2n) is 8.35. The van der Waals surface area contributed by atoms with E-state index in [1.807, 2.05) is 13.0 Å². The van der Waals surface area contributed by atoms with Gasteiger partial charge in [0, 0.05) is 18.1 Å². The summed E-state index contributed by atoms with van der Waals surface area (Å²) in [4.78, 5) is 23.5. The van der Waals surface area contributed by atoms with Crippen molar-refractivity contribution in [1.82, 2.24) is 15.0 Å². The van der Waals surface area contributed by atoms with Crippen LogP contribution in [-0.2, 0) is 23.0 Å². The highest BCUT2D eigenvalue weighted by molar-refractivity contribution is 7.15. The van der Waals surface area contributed by atoms with Gasteiger partial charge in [0.1, 0.15) is 16.3 Å². The second-order valence-corrected chi connectivity index (χ2v) is 9.38. The zero-order valence-electron chi connectivity index (χ0n) is 19.2. The minimum Gasteiger partial charge on any atom is -0.481 e. The number of carboxylic acids is 1. The molecule has 11 heteroatoms. The van der Waals surface area contributed by atoms with Crippen molar-refractivity contribution in [2.45, 2.75) is 32.0 Å². The summed E-state index contributed by atoms with van der Waals surface area (Å²) in [5, 5.41) is 23.4. The molecule has 0 radical (unpaired) electrons. The molecule has 1 atom stereocenters. The zero-order chi connectivity index (χ0) is 26.1. The van der Waals surface area contributed by atoms with Crippen LogP contribution in [0.3, 0.4) is 0 Å². The highest BCUT2D eigenvalue weighted by Crippen LogP contribution is 2.37. The summed E-state index contributed by atoms with van der Waals surface area (Å²) in [6.45, 7) is 3.45. The Bertz CT molecular complexity index is 1400. The van der Waals surface area contributed by atoms with Crippen molar-refractivity contribution < 1.29 is 28.2 Å². The predicted molar refractivity (Wildman–Crippen MR) is 129 cm³/mol. The Morgan fingerprint density at radius 1 is 1.08 bits per heavy atom. The molecule has 0 bridgehead atoms. The van der Waals surface area contributed by atoms with E-state index in [-0.39, 0.29) is 12.4 Å². The third kappa shape index (κ3) is 5.69. The molecule has 2 heterocycles. The number of anilines is 2. The van der Waals surface area contributed by atoms with Crippen molar-refractivity contribution in [1.29, 1.82) is 0 Å². The SMILES string of the molecule is Cc1cc(Nc2nccc(C(F)(F)F)n2)cc(-c2cnc([C@](C)(O)c3ccc(CC(=O)O)cc3)s2)c1. The molecule has 0 aliphatic heterocycles. The zero-order valence-corrected chi connectivity index (χ0v) is 20.0. The van der Waals surface area contributed by atoms with E-state index in [1.54, 1.807) is 49.5 Å². The first-order valence-electron chi connectivity index (χ1n) is 10.7. The van der Waals surface area contributed by atoms with Crippen LogP contribution < -0.4 is 5.32 Å². The maximum atomic E-state index is 13.0. The van der Waals surface area contributed by atoms with E-state index >= 15 is 0 Å². The lowest BCUT2D eigenvalue weighted by Gasteiger charge is -2.21. The number of hydrogen-bond donors (Lipinski definition) is 3. The number of carboxylic acid groups (broad SMARTS) is 1. The van der Waals surface area contributed by atoms with Gasteiger partial charge >= 0.3 is 12.1 Å². The summed E-state index contributed by atoms with van der Waals surface area (Å²) in [6.07, 6.45) is -2.03. The highest BCUT2D eigenvalue weighted by Gasteiger charge is 2.33. The molecule has 0 saturated heterocycles. The molecule has 186 valence electrons. The predicted octanol–water partition coefficient (Wildman–Crippen LogP) is 5.55. The lowest BCUT2D eigenvalue weighted by molar-refractivity contribution is -0.141. The number of nitrogens with zero attached hydrogens (tertiary/aromatic N) is 3. The maximum absolute atomic E-state index is 13.0. The molecule has 0 fully saturated rings. The van der Waals surface area contributed by atoms with Gasteiger partial charge in [-0.25, -0.2) is 15.0 Å². The quantitative estimate of drug-likeness (QED) is 0.297. The van der Waals surface area contributed by atoms with Crippen LogP contribution in [0.15, 0.2) is 60.9 Å². The van der Waals surface area contributed by atoms with Crippen molar-refractivity contribution in [2.75, 3.05) is 5.32 Å². The number of rotatable bonds is 7. The van der Waals surface area contributed by atoms with Crippen LogP contribution in [0.2, 0.25) is 0 Å². The number of carbonyl (C=O) groups is 1. The van der Waals surface area contributed by atoms with Gasteiger partial charge in [0.25, 0.3) is 0 Å². The first-order chi connectivity index (χ1) is 16.9. The average molecular weight is 515 g/mol. The number of hydrogen-bond acceptors (Lipinski definition) is 7. The lowest BCUT2D eigenvalue weighted by atomic mass is 9.95. The molecule has 4 aromatic rings. The molecule has 2 aromatic heterocycles. The fraction of sp³-hybridized carbons (Fsp3) is 0.200. The molecule has 0 unspecified atom stereocenters. The van der Waals surface area contributed by atoms with Crippen LogP contribution in [0, 0.1) is 6.92 Å². The molecule has 4 rings (SSSR count). The van der Waals surface area contributed by atoms with Gasteiger partial charge < -0.3 is 15.5 Å². The van der Waals surface area contributed by atoms with Gasteiger partial charge in [0.15, 0.2) is 0 Å². The summed E-state index contributed by atoms with van der Waals surface area (Å²) < 4.78 is 38.9. The van der Waals surface area contributed by atoms with Gasteiger partial charge in [-0.1, -0.05) is 30.3 Å². The van der Waals surface area contributed by atoms with E-state index in [4.69, 9.17) is 5.11 Å². The van der Waals surface area contributed by atoms with E-state index in [9.17, 15) is 23.1 Å². The fourth-order valence-electron chi connectivity index (χ4n) is 3.58. The average Bonchev–Trinajstić information content (AvgIpc) is 3.30. The van der Waals surface area contributed by atoms with Gasteiger partial charge in [-0.15, -0.1) is 11.3 Å². The number of aliphatic carboxylic acids is 1. The van der Waals surface area contributed by atoms with Crippen molar-refractivity contribution in [3.05, 3.63) is 88.3 Å². The third-order valence-corrected chi connectivity index (χ3v) is 6.61. The normalized spacial score (nSPS) is 13.3. The van der Waals surface area contributed by atoms with Gasteiger partial charge in [-0.3, -0.25) is 4.79 Å². The molecule has 36 heavy (non-hydrogen) atoms. The third-order valence-electron chi connectivity index (χ3n) is 5.36. The van der Waals surface area contributed by atoms with Crippen LogP contribution in [0.25, 0.3) is 10.4 Å². The number of benzene rings is 2. The molecule has 0 saturated carbocycles. The molecule has 0 amide bonds. The first kappa shape index (κ1) is 25.3. The molecule has 7 nitrogen and oxygen atoms in total. The Labute approximate surface area is 208 Å². The first-order valence-corrected chi connectivity index (χ1v) is 11.5. The number of nitrogens with one attached hydrogen (secondary N) is 1. The van der Waals surface area contributed by atoms with Crippen molar-refractivity contribution in [3.8, 4) is 10.4 Å². The fourth-order valence-corrected chi connectivity index (χ4v) is 4.55. The van der Waals surface area contributed by atoms with Crippen molar-refractivity contribution in [3.63, 3.8) is 0 Å². The van der Waals surface area contributed by atoms with Crippen molar-refractivity contribution in [2.24, 2.45) is 0 Å².